The van der Waals surface area contributed by atoms with Crippen LogP contribution in [0, 0.1) is 13.8 Å². The van der Waals surface area contributed by atoms with Crippen molar-refractivity contribution in [1.29, 1.82) is 0 Å². The molecule has 0 bridgehead atoms. The van der Waals surface area contributed by atoms with E-state index in [1.165, 1.54) is 11.1 Å². The third-order valence-electron chi connectivity index (χ3n) is 4.41. The molecule has 1 atom stereocenters. The van der Waals surface area contributed by atoms with E-state index in [-0.39, 0.29) is 11.7 Å². The highest BCUT2D eigenvalue weighted by Gasteiger charge is 2.23. The molecular weight excluding hydrogens is 288 g/mol. The number of benzene rings is 2. The number of carbonyl (C=O) groups is 1. The van der Waals surface area contributed by atoms with E-state index in [1.54, 1.807) is 32.4 Å². The van der Waals surface area contributed by atoms with Crippen LogP contribution in [-0.4, -0.2) is 20.0 Å². The quantitative estimate of drug-likeness (QED) is 0.725. The number of rotatable bonds is 6. The van der Waals surface area contributed by atoms with Crippen molar-refractivity contribution in [1.82, 2.24) is 0 Å². The summed E-state index contributed by atoms with van der Waals surface area (Å²) >= 11 is 0. The fourth-order valence-electron chi connectivity index (χ4n) is 2.89. The first-order valence-electron chi connectivity index (χ1n) is 7.85. The van der Waals surface area contributed by atoms with Gasteiger partial charge in [0, 0.05) is 11.5 Å². The lowest BCUT2D eigenvalue weighted by Crippen LogP contribution is -2.14. The molecule has 3 nitrogen and oxygen atoms in total. The van der Waals surface area contributed by atoms with Gasteiger partial charge in [-0.2, -0.15) is 0 Å². The number of ketones is 1. The maximum absolute atomic E-state index is 13.0. The Hall–Kier alpha value is -2.29. The SMILES string of the molecule is CCC(C(=O)c1ccc(OC)c(OC)c1)c1cccc(C)c1C. The van der Waals surface area contributed by atoms with Crippen molar-refractivity contribution in [3.8, 4) is 11.5 Å². The van der Waals surface area contributed by atoms with E-state index in [2.05, 4.69) is 26.0 Å². The van der Waals surface area contributed by atoms with Gasteiger partial charge in [-0.3, -0.25) is 4.79 Å². The number of hydrogen-bond donors (Lipinski definition) is 0. The van der Waals surface area contributed by atoms with Crippen molar-refractivity contribution in [3.05, 3.63) is 58.7 Å². The first kappa shape index (κ1) is 17.1. The molecule has 0 saturated carbocycles. The summed E-state index contributed by atoms with van der Waals surface area (Å²) < 4.78 is 10.6. The summed E-state index contributed by atoms with van der Waals surface area (Å²) in [5.41, 5.74) is 4.15. The lowest BCUT2D eigenvalue weighted by molar-refractivity contribution is 0.0956. The zero-order chi connectivity index (χ0) is 17.0. The van der Waals surface area contributed by atoms with Crippen LogP contribution >= 0.6 is 0 Å². The molecule has 122 valence electrons. The average Bonchev–Trinajstić information content (AvgIpc) is 2.58. The molecule has 0 saturated heterocycles. The first-order chi connectivity index (χ1) is 11.0. The van der Waals surface area contributed by atoms with Gasteiger partial charge in [-0.15, -0.1) is 0 Å². The van der Waals surface area contributed by atoms with Crippen LogP contribution in [-0.2, 0) is 0 Å². The predicted octanol–water partition coefficient (Wildman–Crippen LogP) is 4.70. The molecule has 0 aliphatic heterocycles. The number of aryl methyl sites for hydroxylation is 1. The van der Waals surface area contributed by atoms with Gasteiger partial charge < -0.3 is 9.47 Å². The van der Waals surface area contributed by atoms with Gasteiger partial charge in [0.1, 0.15) is 0 Å². The highest BCUT2D eigenvalue weighted by atomic mass is 16.5. The molecule has 0 spiro atoms. The molecule has 0 aromatic heterocycles. The summed E-state index contributed by atoms with van der Waals surface area (Å²) in [5.74, 6) is 1.17. The van der Waals surface area contributed by atoms with Crippen molar-refractivity contribution in [3.63, 3.8) is 0 Å². The van der Waals surface area contributed by atoms with E-state index in [9.17, 15) is 4.79 Å². The van der Waals surface area contributed by atoms with Gasteiger partial charge in [0.05, 0.1) is 14.2 Å². The van der Waals surface area contributed by atoms with Crippen LogP contribution in [0.25, 0.3) is 0 Å². The van der Waals surface area contributed by atoms with Crippen molar-refractivity contribution in [2.24, 2.45) is 0 Å². The molecule has 0 aliphatic rings. The summed E-state index contributed by atoms with van der Waals surface area (Å²) in [6, 6.07) is 11.5. The second kappa shape index (κ2) is 7.32. The molecule has 2 aromatic rings. The highest BCUT2D eigenvalue weighted by Crippen LogP contribution is 2.32. The lowest BCUT2D eigenvalue weighted by Gasteiger charge is -2.19. The second-order valence-electron chi connectivity index (χ2n) is 5.68. The summed E-state index contributed by atoms with van der Waals surface area (Å²) in [7, 11) is 3.17. The molecule has 23 heavy (non-hydrogen) atoms. The third-order valence-corrected chi connectivity index (χ3v) is 4.41. The van der Waals surface area contributed by atoms with Crippen LogP contribution in [0.3, 0.4) is 0 Å². The Morgan fingerprint density at radius 1 is 1.04 bits per heavy atom. The number of ether oxygens (including phenoxy) is 2. The van der Waals surface area contributed by atoms with Crippen LogP contribution in [0.15, 0.2) is 36.4 Å². The minimum atomic E-state index is -0.145. The van der Waals surface area contributed by atoms with Gasteiger partial charge >= 0.3 is 0 Å². The van der Waals surface area contributed by atoms with Crippen LogP contribution in [0.2, 0.25) is 0 Å². The molecule has 0 heterocycles. The van der Waals surface area contributed by atoms with Gasteiger partial charge in [0.2, 0.25) is 0 Å². The normalized spacial score (nSPS) is 11.9. The molecule has 3 heteroatoms. The Morgan fingerprint density at radius 3 is 2.35 bits per heavy atom. The van der Waals surface area contributed by atoms with Gasteiger partial charge in [-0.25, -0.2) is 0 Å². The lowest BCUT2D eigenvalue weighted by atomic mass is 9.85. The number of hydrogen-bond acceptors (Lipinski definition) is 3. The molecular formula is C20H24O3. The Morgan fingerprint density at radius 2 is 1.74 bits per heavy atom. The van der Waals surface area contributed by atoms with E-state index >= 15 is 0 Å². The Kier molecular flexibility index (Phi) is 5.43. The summed E-state index contributed by atoms with van der Waals surface area (Å²) in [5, 5.41) is 0. The molecule has 2 aromatic carbocycles. The monoisotopic (exact) mass is 312 g/mol. The first-order valence-corrected chi connectivity index (χ1v) is 7.85. The summed E-state index contributed by atoms with van der Waals surface area (Å²) in [4.78, 5) is 13.0. The largest absolute Gasteiger partial charge is 0.493 e. The fraction of sp³-hybridized carbons (Fsp3) is 0.350. The molecule has 0 N–H and O–H groups in total. The van der Waals surface area contributed by atoms with E-state index in [4.69, 9.17) is 9.47 Å². The Bertz CT molecular complexity index is 704. The minimum Gasteiger partial charge on any atom is -0.493 e. The number of carbonyl (C=O) groups excluding carboxylic acids is 1. The van der Waals surface area contributed by atoms with Crippen molar-refractivity contribution >= 4 is 5.78 Å². The standard InChI is InChI=1S/C20H24O3/c1-6-16(17-9-7-8-13(2)14(17)3)20(21)15-10-11-18(22-4)19(12-15)23-5/h7-12,16H,6H2,1-5H3. The smallest absolute Gasteiger partial charge is 0.170 e. The average molecular weight is 312 g/mol. The van der Waals surface area contributed by atoms with E-state index < -0.39 is 0 Å². The fourth-order valence-corrected chi connectivity index (χ4v) is 2.89. The van der Waals surface area contributed by atoms with Crippen LogP contribution < -0.4 is 9.47 Å². The zero-order valence-electron chi connectivity index (χ0n) is 14.5. The molecule has 0 fully saturated rings. The molecule has 0 radical (unpaired) electrons. The molecule has 0 aliphatic carbocycles. The molecule has 2 rings (SSSR count). The van der Waals surface area contributed by atoms with Crippen molar-refractivity contribution in [2.45, 2.75) is 33.1 Å². The van der Waals surface area contributed by atoms with Crippen molar-refractivity contribution < 1.29 is 14.3 Å². The Balaban J connectivity index is 2.42. The highest BCUT2D eigenvalue weighted by molar-refractivity contribution is 6.01. The Labute approximate surface area is 138 Å². The van der Waals surface area contributed by atoms with Crippen LogP contribution in [0.5, 0.6) is 11.5 Å². The summed E-state index contributed by atoms with van der Waals surface area (Å²) in [6.07, 6.45) is 0.761. The minimum absolute atomic E-state index is 0.113. The van der Waals surface area contributed by atoms with E-state index in [1.807, 2.05) is 13.0 Å². The van der Waals surface area contributed by atoms with Gasteiger partial charge in [-0.05, 0) is 55.2 Å². The van der Waals surface area contributed by atoms with Crippen LogP contribution in [0.4, 0.5) is 0 Å². The van der Waals surface area contributed by atoms with E-state index in [0.29, 0.717) is 17.1 Å². The molecule has 0 amide bonds. The zero-order valence-corrected chi connectivity index (χ0v) is 14.5. The number of Topliss-reactive ketones (excluding diaryl/α,β-unsaturated/α-hetero) is 1. The molecule has 1 unspecified atom stereocenters. The third kappa shape index (κ3) is 3.39. The second-order valence-corrected chi connectivity index (χ2v) is 5.68. The number of methoxy groups -OCH3 is 2. The maximum Gasteiger partial charge on any atom is 0.170 e. The maximum atomic E-state index is 13.0. The topological polar surface area (TPSA) is 35.5 Å². The van der Waals surface area contributed by atoms with Gasteiger partial charge in [0.15, 0.2) is 17.3 Å². The predicted molar refractivity (Wildman–Crippen MR) is 92.8 cm³/mol. The van der Waals surface area contributed by atoms with Crippen LogP contribution in [0.1, 0.15) is 46.3 Å². The van der Waals surface area contributed by atoms with Gasteiger partial charge in [-0.1, -0.05) is 25.1 Å². The van der Waals surface area contributed by atoms with Gasteiger partial charge in [0.25, 0.3) is 0 Å². The van der Waals surface area contributed by atoms with E-state index in [0.717, 1.165) is 12.0 Å². The van der Waals surface area contributed by atoms with Crippen molar-refractivity contribution in [2.75, 3.05) is 14.2 Å². The summed E-state index contributed by atoms with van der Waals surface area (Å²) in [6.45, 7) is 6.20.